The number of nitrogens with zero attached hydrogens (tertiary/aromatic N) is 1. The van der Waals surface area contributed by atoms with E-state index in [2.05, 4.69) is 9.82 Å². The van der Waals surface area contributed by atoms with Crippen LogP contribution in [0.5, 0.6) is 5.75 Å². The Morgan fingerprint density at radius 3 is 2.92 bits per heavy atom. The highest BCUT2D eigenvalue weighted by molar-refractivity contribution is 6.35. The van der Waals surface area contributed by atoms with Crippen LogP contribution in [0.4, 0.5) is 0 Å². The van der Waals surface area contributed by atoms with Gasteiger partial charge in [-0.05, 0) is 12.1 Å². The van der Waals surface area contributed by atoms with E-state index in [1.54, 1.807) is 18.3 Å². The van der Waals surface area contributed by atoms with Gasteiger partial charge in [0, 0.05) is 17.6 Å². The van der Waals surface area contributed by atoms with Crippen molar-refractivity contribution in [2.24, 2.45) is 5.90 Å². The lowest BCUT2D eigenvalue weighted by molar-refractivity contribution is 0.338. The molecule has 0 aliphatic rings. The Hall–Kier alpha value is -1.32. The highest BCUT2D eigenvalue weighted by atomic mass is 35.5. The average molecular weight is 195 g/mol. The number of nitrogens with two attached hydrogens (primary N) is 1. The van der Waals surface area contributed by atoms with E-state index in [0.717, 1.165) is 5.39 Å². The molecule has 0 amide bonds. The van der Waals surface area contributed by atoms with E-state index in [9.17, 15) is 0 Å². The largest absolute Gasteiger partial charge is 0.411 e. The smallest absolute Gasteiger partial charge is 0.157 e. The molecule has 0 saturated carbocycles. The maximum atomic E-state index is 5.93. The van der Waals surface area contributed by atoms with Gasteiger partial charge in [0.1, 0.15) is 0 Å². The summed E-state index contributed by atoms with van der Waals surface area (Å²) in [5, 5.41) is 1.41. The van der Waals surface area contributed by atoms with Gasteiger partial charge in [0.15, 0.2) is 5.75 Å². The second kappa shape index (κ2) is 3.20. The van der Waals surface area contributed by atoms with Crippen molar-refractivity contribution < 1.29 is 4.84 Å². The second-order valence-corrected chi connectivity index (χ2v) is 2.97. The summed E-state index contributed by atoms with van der Waals surface area (Å²) in [6.07, 6.45) is 1.61. The third-order valence-corrected chi connectivity index (χ3v) is 2.11. The van der Waals surface area contributed by atoms with E-state index in [1.807, 2.05) is 12.1 Å². The molecule has 2 rings (SSSR count). The van der Waals surface area contributed by atoms with E-state index in [4.69, 9.17) is 17.5 Å². The van der Waals surface area contributed by atoms with E-state index in [0.29, 0.717) is 16.3 Å². The Kier molecular flexibility index (Phi) is 2.04. The third kappa shape index (κ3) is 1.32. The molecule has 66 valence electrons. The standard InChI is InChI=1S/C9H7ClN2O/c10-7-3-1-2-6-8(13-11)4-5-12-9(6)7/h1-5H,11H2. The Morgan fingerprint density at radius 2 is 2.15 bits per heavy atom. The van der Waals surface area contributed by atoms with Gasteiger partial charge in [0.25, 0.3) is 0 Å². The highest BCUT2D eigenvalue weighted by Crippen LogP contribution is 2.27. The first-order valence-corrected chi connectivity index (χ1v) is 4.10. The van der Waals surface area contributed by atoms with Crippen molar-refractivity contribution in [3.63, 3.8) is 0 Å². The molecule has 0 aliphatic carbocycles. The number of hydrogen-bond acceptors (Lipinski definition) is 3. The topological polar surface area (TPSA) is 48.1 Å². The van der Waals surface area contributed by atoms with Gasteiger partial charge in [0.2, 0.25) is 0 Å². The fourth-order valence-electron chi connectivity index (χ4n) is 1.22. The zero-order chi connectivity index (χ0) is 9.26. The number of para-hydroxylation sites is 1. The van der Waals surface area contributed by atoms with Gasteiger partial charge in [-0.25, -0.2) is 0 Å². The quantitative estimate of drug-likeness (QED) is 0.708. The maximum absolute atomic E-state index is 5.93. The Morgan fingerprint density at radius 1 is 1.31 bits per heavy atom. The summed E-state index contributed by atoms with van der Waals surface area (Å²) in [7, 11) is 0. The van der Waals surface area contributed by atoms with Crippen LogP contribution in [0.2, 0.25) is 5.02 Å². The van der Waals surface area contributed by atoms with Gasteiger partial charge in [-0.1, -0.05) is 17.7 Å². The highest BCUT2D eigenvalue weighted by Gasteiger charge is 2.04. The summed E-state index contributed by atoms with van der Waals surface area (Å²) in [5.41, 5.74) is 0.701. The first-order valence-electron chi connectivity index (χ1n) is 3.73. The second-order valence-electron chi connectivity index (χ2n) is 2.56. The number of fused-ring (bicyclic) bond motifs is 1. The van der Waals surface area contributed by atoms with Gasteiger partial charge >= 0.3 is 0 Å². The summed E-state index contributed by atoms with van der Waals surface area (Å²) in [5.74, 6) is 5.67. The lowest BCUT2D eigenvalue weighted by Crippen LogP contribution is -2.02. The molecule has 0 bridgehead atoms. The lowest BCUT2D eigenvalue weighted by Gasteiger charge is -2.03. The van der Waals surface area contributed by atoms with Crippen LogP contribution in [0.1, 0.15) is 0 Å². The van der Waals surface area contributed by atoms with Crippen molar-refractivity contribution in [1.29, 1.82) is 0 Å². The molecule has 1 aromatic heterocycles. The molecule has 0 fully saturated rings. The van der Waals surface area contributed by atoms with Crippen molar-refractivity contribution in [3.05, 3.63) is 35.5 Å². The van der Waals surface area contributed by atoms with Crippen molar-refractivity contribution in [3.8, 4) is 5.75 Å². The van der Waals surface area contributed by atoms with Gasteiger partial charge in [0.05, 0.1) is 10.5 Å². The SMILES string of the molecule is NOc1ccnc2c(Cl)cccc12. The molecule has 0 atom stereocenters. The molecule has 1 aromatic carbocycles. The van der Waals surface area contributed by atoms with Gasteiger partial charge < -0.3 is 4.84 Å². The normalized spacial score (nSPS) is 10.3. The lowest BCUT2D eigenvalue weighted by atomic mass is 10.2. The molecular formula is C9H7ClN2O. The summed E-state index contributed by atoms with van der Waals surface area (Å²) in [4.78, 5) is 8.81. The van der Waals surface area contributed by atoms with E-state index >= 15 is 0 Å². The fraction of sp³-hybridized carbons (Fsp3) is 0. The molecule has 2 N–H and O–H groups in total. The first kappa shape index (κ1) is 8.29. The van der Waals surface area contributed by atoms with E-state index in [-0.39, 0.29) is 0 Å². The average Bonchev–Trinajstić information content (AvgIpc) is 2.18. The van der Waals surface area contributed by atoms with Crippen LogP contribution in [-0.2, 0) is 0 Å². The number of halogens is 1. The van der Waals surface area contributed by atoms with Crippen LogP contribution >= 0.6 is 11.6 Å². The van der Waals surface area contributed by atoms with Gasteiger partial charge in [-0.15, -0.1) is 0 Å². The van der Waals surface area contributed by atoms with Crippen LogP contribution < -0.4 is 10.7 Å². The summed E-state index contributed by atoms with van der Waals surface area (Å²) < 4.78 is 0. The zero-order valence-electron chi connectivity index (χ0n) is 6.70. The molecule has 1 heterocycles. The fourth-order valence-corrected chi connectivity index (χ4v) is 1.44. The van der Waals surface area contributed by atoms with Gasteiger partial charge in [-0.3, -0.25) is 4.98 Å². The summed E-state index contributed by atoms with van der Waals surface area (Å²) in [6, 6.07) is 7.15. The van der Waals surface area contributed by atoms with Crippen molar-refractivity contribution in [2.75, 3.05) is 0 Å². The molecular weight excluding hydrogens is 188 g/mol. The minimum atomic E-state index is 0.576. The van der Waals surface area contributed by atoms with Crippen LogP contribution in [0.3, 0.4) is 0 Å². The van der Waals surface area contributed by atoms with E-state index < -0.39 is 0 Å². The number of rotatable bonds is 1. The minimum absolute atomic E-state index is 0.576. The zero-order valence-corrected chi connectivity index (χ0v) is 7.45. The number of aromatic nitrogens is 1. The van der Waals surface area contributed by atoms with Crippen LogP contribution in [0.15, 0.2) is 30.5 Å². The van der Waals surface area contributed by atoms with Gasteiger partial charge in [-0.2, -0.15) is 5.90 Å². The molecule has 0 radical (unpaired) electrons. The molecule has 4 heteroatoms. The van der Waals surface area contributed by atoms with E-state index in [1.165, 1.54) is 0 Å². The molecule has 0 saturated heterocycles. The Balaban J connectivity index is 2.84. The van der Waals surface area contributed by atoms with Crippen LogP contribution in [0, 0.1) is 0 Å². The van der Waals surface area contributed by atoms with Crippen LogP contribution in [-0.4, -0.2) is 4.98 Å². The predicted molar refractivity (Wildman–Crippen MR) is 51.6 cm³/mol. The number of benzene rings is 1. The van der Waals surface area contributed by atoms with Crippen LogP contribution in [0.25, 0.3) is 10.9 Å². The number of pyridine rings is 1. The molecule has 2 aromatic rings. The molecule has 0 aliphatic heterocycles. The molecule has 0 spiro atoms. The Bertz CT molecular complexity index is 445. The molecule has 3 nitrogen and oxygen atoms in total. The molecule has 13 heavy (non-hydrogen) atoms. The third-order valence-electron chi connectivity index (χ3n) is 1.81. The summed E-state index contributed by atoms with van der Waals surface area (Å²) >= 11 is 5.93. The maximum Gasteiger partial charge on any atom is 0.157 e. The predicted octanol–water partition coefficient (Wildman–Crippen LogP) is 2.14. The number of hydrogen-bond donors (Lipinski definition) is 1. The first-order chi connectivity index (χ1) is 6.33. The van der Waals surface area contributed by atoms with Crippen molar-refractivity contribution in [2.45, 2.75) is 0 Å². The summed E-state index contributed by atoms with van der Waals surface area (Å²) in [6.45, 7) is 0. The monoisotopic (exact) mass is 194 g/mol. The Labute approximate surface area is 80.0 Å². The van der Waals surface area contributed by atoms with Crippen molar-refractivity contribution >= 4 is 22.5 Å². The molecule has 0 unspecified atom stereocenters. The van der Waals surface area contributed by atoms with Crippen molar-refractivity contribution in [1.82, 2.24) is 4.98 Å². The minimum Gasteiger partial charge on any atom is -0.411 e.